The molecule has 0 spiro atoms. The van der Waals surface area contributed by atoms with Crippen molar-refractivity contribution in [3.63, 3.8) is 0 Å². The van der Waals surface area contributed by atoms with Gasteiger partial charge in [-0.15, -0.1) is 0 Å². The smallest absolute Gasteiger partial charge is 0.337 e. The SMILES string of the molecule is COC(=O)c1ccc([C@H]2C(C#N)=C(SCC(=O)NCc3ccccc3)NC(=O)[C@H]2C(=O)OC)cc1. The lowest BCUT2D eigenvalue weighted by atomic mass is 9.78. The highest BCUT2D eigenvalue weighted by Gasteiger charge is 2.44. The molecule has 1 aliphatic rings. The molecule has 0 bridgehead atoms. The number of esters is 2. The predicted octanol–water partition coefficient (Wildman–Crippen LogP) is 2.26. The van der Waals surface area contributed by atoms with E-state index in [1.54, 1.807) is 12.1 Å². The third kappa shape index (κ3) is 6.07. The van der Waals surface area contributed by atoms with E-state index in [2.05, 4.69) is 16.7 Å². The highest BCUT2D eigenvalue weighted by atomic mass is 32.2. The van der Waals surface area contributed by atoms with Crippen molar-refractivity contribution in [3.8, 4) is 6.07 Å². The Kier molecular flexibility index (Phi) is 8.64. The molecule has 0 saturated carbocycles. The lowest BCUT2D eigenvalue weighted by Gasteiger charge is -2.31. The second kappa shape index (κ2) is 11.9. The van der Waals surface area contributed by atoms with Crippen molar-refractivity contribution in [2.75, 3.05) is 20.0 Å². The van der Waals surface area contributed by atoms with Gasteiger partial charge in [0.25, 0.3) is 0 Å². The van der Waals surface area contributed by atoms with Gasteiger partial charge >= 0.3 is 11.9 Å². The van der Waals surface area contributed by atoms with Gasteiger partial charge in [-0.25, -0.2) is 4.79 Å². The standard InChI is InChI=1S/C25H23N3O6S/c1-33-24(31)17-10-8-16(9-11-17)20-18(12-26)23(28-22(30)21(20)25(32)34-2)35-14-19(29)27-13-15-6-4-3-5-7-15/h3-11,20-21H,13-14H2,1-2H3,(H,27,29)(H,28,30)/t20-,21-/m0/s1. The molecule has 0 fully saturated rings. The van der Waals surface area contributed by atoms with Crippen molar-refractivity contribution < 1.29 is 28.7 Å². The summed E-state index contributed by atoms with van der Waals surface area (Å²) in [5.41, 5.74) is 1.79. The molecule has 9 nitrogen and oxygen atoms in total. The van der Waals surface area contributed by atoms with Gasteiger partial charge in [0.1, 0.15) is 5.92 Å². The number of thioether (sulfide) groups is 1. The third-order valence-corrected chi connectivity index (χ3v) is 6.37. The maximum atomic E-state index is 12.9. The number of carbonyl (C=O) groups excluding carboxylic acids is 4. The van der Waals surface area contributed by atoms with Crippen LogP contribution < -0.4 is 10.6 Å². The number of benzene rings is 2. The van der Waals surface area contributed by atoms with Gasteiger partial charge in [-0.2, -0.15) is 5.26 Å². The molecular formula is C25H23N3O6S. The molecule has 10 heteroatoms. The molecule has 3 rings (SSSR count). The zero-order valence-corrected chi connectivity index (χ0v) is 19.9. The second-order valence-electron chi connectivity index (χ2n) is 7.49. The highest BCUT2D eigenvalue weighted by molar-refractivity contribution is 8.03. The Morgan fingerprint density at radius 3 is 2.34 bits per heavy atom. The third-order valence-electron chi connectivity index (χ3n) is 5.35. The number of nitriles is 1. The average molecular weight is 494 g/mol. The van der Waals surface area contributed by atoms with Crippen LogP contribution in [0, 0.1) is 17.2 Å². The van der Waals surface area contributed by atoms with Gasteiger partial charge < -0.3 is 20.1 Å². The van der Waals surface area contributed by atoms with E-state index in [9.17, 15) is 24.4 Å². The van der Waals surface area contributed by atoms with Gasteiger partial charge in [0, 0.05) is 12.5 Å². The number of carbonyl (C=O) groups is 4. The van der Waals surface area contributed by atoms with Crippen LogP contribution >= 0.6 is 11.8 Å². The number of hydrogen-bond acceptors (Lipinski definition) is 8. The van der Waals surface area contributed by atoms with Crippen LogP contribution in [-0.2, 0) is 30.4 Å². The first kappa shape index (κ1) is 25.5. The van der Waals surface area contributed by atoms with Crippen LogP contribution in [-0.4, -0.2) is 43.7 Å². The average Bonchev–Trinajstić information content (AvgIpc) is 2.90. The molecule has 0 saturated heterocycles. The maximum Gasteiger partial charge on any atom is 0.337 e. The van der Waals surface area contributed by atoms with Gasteiger partial charge in [-0.05, 0) is 23.3 Å². The van der Waals surface area contributed by atoms with Crippen LogP contribution in [0.5, 0.6) is 0 Å². The normalized spacial score (nSPS) is 17.1. The number of nitrogens with zero attached hydrogens (tertiary/aromatic N) is 1. The van der Waals surface area contributed by atoms with Crippen LogP contribution in [0.2, 0.25) is 0 Å². The molecule has 1 heterocycles. The van der Waals surface area contributed by atoms with Gasteiger partial charge in [-0.1, -0.05) is 54.2 Å². The van der Waals surface area contributed by atoms with Gasteiger partial charge in [-0.3, -0.25) is 14.4 Å². The van der Waals surface area contributed by atoms with E-state index < -0.39 is 29.7 Å². The predicted molar refractivity (Wildman–Crippen MR) is 128 cm³/mol. The number of hydrogen-bond donors (Lipinski definition) is 2. The molecule has 2 amide bonds. The Balaban J connectivity index is 1.85. The van der Waals surface area contributed by atoms with E-state index in [0.29, 0.717) is 12.1 Å². The number of allylic oxidation sites excluding steroid dienone is 1. The van der Waals surface area contributed by atoms with E-state index >= 15 is 0 Å². The quantitative estimate of drug-likeness (QED) is 0.422. The largest absolute Gasteiger partial charge is 0.468 e. The lowest BCUT2D eigenvalue weighted by Crippen LogP contribution is -2.44. The summed E-state index contributed by atoms with van der Waals surface area (Å²) in [4.78, 5) is 49.5. The number of ether oxygens (including phenoxy) is 2. The summed E-state index contributed by atoms with van der Waals surface area (Å²) >= 11 is 0.995. The first-order valence-corrected chi connectivity index (χ1v) is 11.5. The minimum atomic E-state index is -1.31. The van der Waals surface area contributed by atoms with Crippen LogP contribution in [0.25, 0.3) is 0 Å². The highest BCUT2D eigenvalue weighted by Crippen LogP contribution is 2.40. The summed E-state index contributed by atoms with van der Waals surface area (Å²) in [5, 5.41) is 15.5. The van der Waals surface area contributed by atoms with E-state index in [-0.39, 0.29) is 27.8 Å². The summed E-state index contributed by atoms with van der Waals surface area (Å²) in [6, 6.07) is 17.5. The fourth-order valence-corrected chi connectivity index (χ4v) is 4.49. The summed E-state index contributed by atoms with van der Waals surface area (Å²) in [5.74, 6) is -4.60. The molecule has 2 aromatic rings. The summed E-state index contributed by atoms with van der Waals surface area (Å²) in [6.07, 6.45) is 0. The van der Waals surface area contributed by atoms with Gasteiger partial charge in [0.2, 0.25) is 11.8 Å². The van der Waals surface area contributed by atoms with Crippen molar-refractivity contribution in [1.82, 2.24) is 10.6 Å². The van der Waals surface area contributed by atoms with Crippen molar-refractivity contribution in [2.24, 2.45) is 5.92 Å². The minimum Gasteiger partial charge on any atom is -0.468 e. The summed E-state index contributed by atoms with van der Waals surface area (Å²) in [6.45, 7) is 0.344. The molecule has 1 aliphatic heterocycles. The Labute approximate surface area is 206 Å². The molecule has 2 atom stereocenters. The molecule has 2 aromatic carbocycles. The van der Waals surface area contributed by atoms with E-state index in [0.717, 1.165) is 24.4 Å². The number of rotatable bonds is 8. The Morgan fingerprint density at radius 2 is 1.74 bits per heavy atom. The van der Waals surface area contributed by atoms with Crippen LogP contribution in [0.15, 0.2) is 65.2 Å². The number of methoxy groups -OCH3 is 2. The number of nitrogens with one attached hydrogen (secondary N) is 2. The monoisotopic (exact) mass is 493 g/mol. The van der Waals surface area contributed by atoms with E-state index in [1.807, 2.05) is 30.3 Å². The first-order chi connectivity index (χ1) is 16.9. The number of amides is 2. The van der Waals surface area contributed by atoms with Gasteiger partial charge in [0.05, 0.1) is 42.2 Å². The van der Waals surface area contributed by atoms with Crippen LogP contribution in [0.3, 0.4) is 0 Å². The minimum absolute atomic E-state index is 0.0511. The fourth-order valence-electron chi connectivity index (χ4n) is 3.61. The van der Waals surface area contributed by atoms with Crippen molar-refractivity contribution >= 4 is 35.5 Å². The zero-order chi connectivity index (χ0) is 25.4. The molecule has 0 aromatic heterocycles. The molecule has 35 heavy (non-hydrogen) atoms. The summed E-state index contributed by atoms with van der Waals surface area (Å²) in [7, 11) is 2.41. The molecule has 0 radical (unpaired) electrons. The van der Waals surface area contributed by atoms with E-state index in [1.165, 1.54) is 19.2 Å². The molecular weight excluding hydrogens is 470 g/mol. The summed E-state index contributed by atoms with van der Waals surface area (Å²) < 4.78 is 9.51. The molecule has 2 N–H and O–H groups in total. The molecule has 180 valence electrons. The van der Waals surface area contributed by atoms with Crippen molar-refractivity contribution in [3.05, 3.63) is 81.9 Å². The van der Waals surface area contributed by atoms with Crippen molar-refractivity contribution in [1.29, 1.82) is 5.26 Å². The second-order valence-corrected chi connectivity index (χ2v) is 8.47. The van der Waals surface area contributed by atoms with Crippen molar-refractivity contribution in [2.45, 2.75) is 12.5 Å². The van der Waals surface area contributed by atoms with Crippen LogP contribution in [0.1, 0.15) is 27.4 Å². The van der Waals surface area contributed by atoms with E-state index in [4.69, 9.17) is 9.47 Å². The molecule has 0 unspecified atom stereocenters. The van der Waals surface area contributed by atoms with Crippen LogP contribution in [0.4, 0.5) is 0 Å². The molecule has 0 aliphatic carbocycles. The Hall–Kier alpha value is -4.10. The lowest BCUT2D eigenvalue weighted by molar-refractivity contribution is -0.150. The first-order valence-electron chi connectivity index (χ1n) is 10.5. The maximum absolute atomic E-state index is 12.9. The Morgan fingerprint density at radius 1 is 1.06 bits per heavy atom. The fraction of sp³-hybridized carbons (Fsp3) is 0.240. The Bertz CT molecular complexity index is 1190. The zero-order valence-electron chi connectivity index (χ0n) is 19.1. The topological polar surface area (TPSA) is 135 Å². The van der Waals surface area contributed by atoms with Gasteiger partial charge in [0.15, 0.2) is 0 Å².